The minimum Gasteiger partial charge on any atom is -0.469 e. The van der Waals surface area contributed by atoms with Crippen molar-refractivity contribution in [3.05, 3.63) is 0 Å². The number of esters is 2. The van der Waals surface area contributed by atoms with Gasteiger partial charge in [-0.05, 0) is 0 Å². The van der Waals surface area contributed by atoms with Crippen LogP contribution in [0, 0.1) is 0 Å². The van der Waals surface area contributed by atoms with Crippen LogP contribution in [0.15, 0.2) is 0 Å². The zero-order valence-electron chi connectivity index (χ0n) is 11.1. The Hall–Kier alpha value is -1.00. The monoisotopic (exact) mass is 281 g/mol. The third-order valence-electron chi connectivity index (χ3n) is 2.24. The summed E-state index contributed by atoms with van der Waals surface area (Å²) in [4.78, 5) is 25.5. The van der Waals surface area contributed by atoms with E-state index in [1.807, 2.05) is 0 Å². The molecular formula is C9H19NO7Si. The molecule has 0 aliphatic carbocycles. The first-order valence-corrected chi connectivity index (χ1v) is 6.78. The third-order valence-corrected chi connectivity index (χ3v) is 4.56. The van der Waals surface area contributed by atoms with Crippen molar-refractivity contribution in [3.63, 3.8) is 0 Å². The van der Waals surface area contributed by atoms with Crippen LogP contribution in [0.3, 0.4) is 0 Å². The molecule has 0 aromatic carbocycles. The quantitative estimate of drug-likeness (QED) is 0.450. The maximum absolute atomic E-state index is 11.6. The van der Waals surface area contributed by atoms with Crippen LogP contribution in [-0.4, -0.2) is 62.5 Å². The molecule has 0 fully saturated rings. The van der Waals surface area contributed by atoms with E-state index < -0.39 is 26.9 Å². The van der Waals surface area contributed by atoms with Crippen LogP contribution in [0.1, 0.15) is 6.42 Å². The van der Waals surface area contributed by atoms with E-state index in [1.165, 1.54) is 35.5 Å². The lowest BCUT2D eigenvalue weighted by atomic mass is 10.2. The van der Waals surface area contributed by atoms with Gasteiger partial charge in [0, 0.05) is 21.3 Å². The lowest BCUT2D eigenvalue weighted by Gasteiger charge is -2.27. The molecule has 1 N–H and O–H groups in total. The van der Waals surface area contributed by atoms with E-state index in [2.05, 4.69) is 14.5 Å². The zero-order chi connectivity index (χ0) is 14.2. The van der Waals surface area contributed by atoms with Gasteiger partial charge in [0.05, 0.1) is 20.6 Å². The molecule has 0 aromatic rings. The summed E-state index contributed by atoms with van der Waals surface area (Å²) in [6.45, 7) is 0. The van der Waals surface area contributed by atoms with Gasteiger partial charge in [-0.1, -0.05) is 0 Å². The number of hydrogen-bond donors (Lipinski definition) is 1. The van der Waals surface area contributed by atoms with Gasteiger partial charge in [-0.2, -0.15) is 0 Å². The van der Waals surface area contributed by atoms with Gasteiger partial charge in [-0.25, -0.2) is 0 Å². The molecule has 0 aromatic heterocycles. The fourth-order valence-corrected chi connectivity index (χ4v) is 2.73. The first kappa shape index (κ1) is 17.0. The van der Waals surface area contributed by atoms with E-state index in [9.17, 15) is 9.59 Å². The third kappa shape index (κ3) is 4.70. The van der Waals surface area contributed by atoms with Crippen molar-refractivity contribution < 1.29 is 32.3 Å². The highest BCUT2D eigenvalue weighted by molar-refractivity contribution is 6.58. The molecule has 0 saturated heterocycles. The Morgan fingerprint density at radius 1 is 1.00 bits per heavy atom. The Labute approximate surface area is 107 Å². The van der Waals surface area contributed by atoms with E-state index in [0.717, 1.165) is 0 Å². The first-order chi connectivity index (χ1) is 8.48. The second kappa shape index (κ2) is 8.16. The van der Waals surface area contributed by atoms with Crippen molar-refractivity contribution in [2.24, 2.45) is 0 Å². The summed E-state index contributed by atoms with van der Waals surface area (Å²) in [5, 5.41) is 0. The number of nitrogens with one attached hydrogen (secondary N) is 1. The average molecular weight is 281 g/mol. The van der Waals surface area contributed by atoms with Crippen molar-refractivity contribution in [2.45, 2.75) is 12.5 Å². The predicted molar refractivity (Wildman–Crippen MR) is 62.4 cm³/mol. The Kier molecular flexibility index (Phi) is 7.71. The van der Waals surface area contributed by atoms with Gasteiger partial charge in [-0.3, -0.25) is 14.6 Å². The number of carbonyl (C=O) groups is 2. The van der Waals surface area contributed by atoms with Crippen LogP contribution in [0.4, 0.5) is 0 Å². The summed E-state index contributed by atoms with van der Waals surface area (Å²) in [6.07, 6.45) is -0.214. The van der Waals surface area contributed by atoms with Gasteiger partial charge in [0.25, 0.3) is 0 Å². The largest absolute Gasteiger partial charge is 0.596 e. The molecule has 0 rings (SSSR count). The molecule has 0 bridgehead atoms. The van der Waals surface area contributed by atoms with E-state index >= 15 is 0 Å². The molecule has 8 nitrogen and oxygen atoms in total. The van der Waals surface area contributed by atoms with Crippen LogP contribution >= 0.6 is 0 Å². The van der Waals surface area contributed by atoms with E-state index in [-0.39, 0.29) is 6.42 Å². The number of rotatable bonds is 8. The highest BCUT2D eigenvalue weighted by atomic mass is 28.4. The molecule has 0 radical (unpaired) electrons. The van der Waals surface area contributed by atoms with Gasteiger partial charge < -0.3 is 22.8 Å². The van der Waals surface area contributed by atoms with Crippen LogP contribution in [-0.2, 0) is 32.3 Å². The van der Waals surface area contributed by atoms with Crippen molar-refractivity contribution in [3.8, 4) is 0 Å². The second-order valence-corrected chi connectivity index (χ2v) is 5.79. The Morgan fingerprint density at radius 2 is 1.50 bits per heavy atom. The topological polar surface area (TPSA) is 92.3 Å². The van der Waals surface area contributed by atoms with Crippen molar-refractivity contribution in [1.29, 1.82) is 0 Å². The van der Waals surface area contributed by atoms with E-state index in [4.69, 9.17) is 13.3 Å². The molecule has 18 heavy (non-hydrogen) atoms. The second-order valence-electron chi connectivity index (χ2n) is 3.17. The lowest BCUT2D eigenvalue weighted by Crippen LogP contribution is -2.62. The Morgan fingerprint density at radius 3 is 1.83 bits per heavy atom. The Bertz CT molecular complexity index is 274. The molecule has 0 unspecified atom stereocenters. The van der Waals surface area contributed by atoms with Gasteiger partial charge in [0.2, 0.25) is 0 Å². The van der Waals surface area contributed by atoms with Crippen LogP contribution in [0.2, 0.25) is 0 Å². The SMILES string of the molecule is COC(=O)C[C@H](N[Si](OC)(OC)OC)C(=O)OC. The molecule has 0 spiro atoms. The molecule has 0 heterocycles. The summed E-state index contributed by atoms with van der Waals surface area (Å²) in [7, 11) is 3.36. The number of ether oxygens (including phenoxy) is 2. The fraction of sp³-hybridized carbons (Fsp3) is 0.778. The summed E-state index contributed by atoms with van der Waals surface area (Å²) in [6, 6.07) is -0.964. The number of carbonyl (C=O) groups excluding carboxylic acids is 2. The van der Waals surface area contributed by atoms with Gasteiger partial charge >= 0.3 is 20.9 Å². The lowest BCUT2D eigenvalue weighted by molar-refractivity contribution is -0.149. The summed E-state index contributed by atoms with van der Waals surface area (Å²) in [5.74, 6) is -1.20. The standard InChI is InChI=1S/C9H19NO7Si/c1-13-8(11)6-7(9(12)14-2)10-18(15-3,16-4)17-5/h7,10H,6H2,1-5H3/t7-/m0/s1. The average Bonchev–Trinajstić information content (AvgIpc) is 2.42. The number of hydrogen-bond acceptors (Lipinski definition) is 8. The van der Waals surface area contributed by atoms with Crippen LogP contribution < -0.4 is 4.98 Å². The molecule has 9 heteroatoms. The minimum atomic E-state index is -3.20. The first-order valence-electron chi connectivity index (χ1n) is 5.06. The van der Waals surface area contributed by atoms with Crippen LogP contribution in [0.5, 0.6) is 0 Å². The molecule has 1 atom stereocenters. The van der Waals surface area contributed by atoms with E-state index in [1.54, 1.807) is 0 Å². The zero-order valence-corrected chi connectivity index (χ0v) is 12.1. The molecular weight excluding hydrogens is 262 g/mol. The predicted octanol–water partition coefficient (Wildman–Crippen LogP) is -0.944. The smallest absolute Gasteiger partial charge is 0.469 e. The minimum absolute atomic E-state index is 0.214. The van der Waals surface area contributed by atoms with Crippen LogP contribution in [0.25, 0.3) is 0 Å². The summed E-state index contributed by atoms with van der Waals surface area (Å²) in [5.41, 5.74) is 0. The highest BCUT2D eigenvalue weighted by Crippen LogP contribution is 2.07. The molecule has 0 aliphatic rings. The normalized spacial score (nSPS) is 12.9. The molecule has 0 amide bonds. The Balaban J connectivity index is 4.86. The number of methoxy groups -OCH3 is 2. The summed E-state index contributed by atoms with van der Waals surface area (Å²) >= 11 is 0. The maximum atomic E-state index is 11.6. The van der Waals surface area contributed by atoms with Crippen molar-refractivity contribution >= 4 is 20.9 Å². The van der Waals surface area contributed by atoms with Crippen molar-refractivity contribution in [2.75, 3.05) is 35.5 Å². The maximum Gasteiger partial charge on any atom is 0.596 e. The molecule has 106 valence electrons. The van der Waals surface area contributed by atoms with Crippen molar-refractivity contribution in [1.82, 2.24) is 4.98 Å². The van der Waals surface area contributed by atoms with Gasteiger partial charge in [0.1, 0.15) is 6.04 Å². The van der Waals surface area contributed by atoms with Gasteiger partial charge in [-0.15, -0.1) is 0 Å². The van der Waals surface area contributed by atoms with E-state index in [0.29, 0.717) is 0 Å². The fourth-order valence-electron chi connectivity index (χ4n) is 1.23. The molecule has 0 aliphatic heterocycles. The van der Waals surface area contributed by atoms with Gasteiger partial charge in [0.15, 0.2) is 0 Å². The molecule has 0 saturated carbocycles. The summed E-state index contributed by atoms with van der Waals surface area (Å²) < 4.78 is 24.4. The highest BCUT2D eigenvalue weighted by Gasteiger charge is 2.44.